The van der Waals surface area contributed by atoms with E-state index in [2.05, 4.69) is 6.92 Å². The van der Waals surface area contributed by atoms with E-state index in [9.17, 15) is 55.5 Å². The molecule has 0 bridgehead atoms. The summed E-state index contributed by atoms with van der Waals surface area (Å²) in [6.07, 6.45) is 3.95. The molecule has 13 atom stereocenters. The lowest BCUT2D eigenvalue weighted by molar-refractivity contribution is -0.336. The fourth-order valence-electron chi connectivity index (χ4n) is 8.11. The van der Waals surface area contributed by atoms with Crippen molar-refractivity contribution in [2.75, 3.05) is 0 Å². The maximum absolute atomic E-state index is 12.7. The number of ketones is 1. The Morgan fingerprint density at radius 3 is 1.60 bits per heavy atom. The van der Waals surface area contributed by atoms with Crippen LogP contribution in [0.2, 0.25) is 0 Å². The minimum Gasteiger partial charge on any atom is -0.481 e. The predicted molar refractivity (Wildman–Crippen MR) is 199 cm³/mol. The van der Waals surface area contributed by atoms with Gasteiger partial charge in [-0.3, -0.25) is 9.59 Å². The number of aliphatic hydroxyl groups is 8. The number of Topliss-reactive ketones (excluding diaryl/α,β-unsaturated/α-hetero) is 1. The van der Waals surface area contributed by atoms with Gasteiger partial charge in [0.1, 0.15) is 54.2 Å². The molecule has 0 aromatic rings. The molecule has 0 aromatic heterocycles. The molecular weight excluding hydrogens is 688 g/mol. The monoisotopic (exact) mass is 763 g/mol. The first-order valence-corrected chi connectivity index (χ1v) is 20.7. The Labute approximate surface area is 317 Å². The Bertz CT molecular complexity index is 1020. The molecule has 0 aliphatic carbocycles. The smallest absolute Gasteiger partial charge is 0.316 e. The van der Waals surface area contributed by atoms with Crippen LogP contribution >= 0.6 is 0 Å². The zero-order valence-electron chi connectivity index (χ0n) is 32.6. The summed E-state index contributed by atoms with van der Waals surface area (Å²) in [5.74, 6) is -3.48. The number of ether oxygens (including phenoxy) is 2. The SMILES string of the molecule is CCCCCCCCCCCC(O)C(C(=O)O)C(=O)CC(O)CCCCCCCCCCCC1(C2O[C@H](C)[C@@H](O)[C@H](O)[C@@H]2O)O[C@@H](C)[C@H](O)[C@@H](O)[C@H]1O. The first-order valence-electron chi connectivity index (χ1n) is 20.7. The quantitative estimate of drug-likeness (QED) is 0.0409. The third-order valence-electron chi connectivity index (χ3n) is 11.5. The first-order chi connectivity index (χ1) is 25.2. The van der Waals surface area contributed by atoms with Crippen molar-refractivity contribution in [3.8, 4) is 0 Å². The lowest BCUT2D eigenvalue weighted by atomic mass is 9.73. The molecule has 0 saturated carbocycles. The molecule has 2 aliphatic heterocycles. The van der Waals surface area contributed by atoms with Crippen LogP contribution in [0.15, 0.2) is 0 Å². The standard InChI is InChI=1S/C40H74O13/c1-4-5-6-7-8-10-14-17-20-23-29(42)31(39(50)51)30(43)25-28(41)22-19-16-13-11-9-12-15-18-21-24-40(37(49)35(47)33(45)27(3)53-40)38-36(48)34(46)32(44)26(2)52-38/h26-29,31-38,41-42,44-49H,4-25H2,1-3H3,(H,50,51)/t26-,27+,28?,29?,31?,32-,33+,34+,35-,36+,37-,38?,40?/m1/s1. The van der Waals surface area contributed by atoms with Gasteiger partial charge in [0.15, 0.2) is 5.78 Å². The minimum absolute atomic E-state index is 0.190. The summed E-state index contributed by atoms with van der Waals surface area (Å²) in [5.41, 5.74) is -1.61. The zero-order chi connectivity index (χ0) is 39.6. The van der Waals surface area contributed by atoms with Gasteiger partial charge in [0, 0.05) is 6.42 Å². The largest absolute Gasteiger partial charge is 0.481 e. The van der Waals surface area contributed by atoms with Gasteiger partial charge in [-0.25, -0.2) is 0 Å². The molecule has 2 heterocycles. The summed E-state index contributed by atoms with van der Waals surface area (Å²) in [4.78, 5) is 24.5. The lowest BCUT2D eigenvalue weighted by Crippen LogP contribution is -2.73. The van der Waals surface area contributed by atoms with Crippen LogP contribution in [0.3, 0.4) is 0 Å². The Morgan fingerprint density at radius 2 is 1.08 bits per heavy atom. The van der Waals surface area contributed by atoms with Crippen LogP contribution in [0.5, 0.6) is 0 Å². The van der Waals surface area contributed by atoms with E-state index in [1.165, 1.54) is 39.0 Å². The van der Waals surface area contributed by atoms with E-state index in [-0.39, 0.29) is 19.3 Å². The molecule has 0 amide bonds. The Hall–Kier alpha value is -1.26. The maximum Gasteiger partial charge on any atom is 0.316 e. The van der Waals surface area contributed by atoms with E-state index in [1.54, 1.807) is 6.92 Å². The van der Waals surface area contributed by atoms with Gasteiger partial charge in [-0.1, -0.05) is 122 Å². The van der Waals surface area contributed by atoms with Crippen LogP contribution in [0, 0.1) is 5.92 Å². The molecule has 9 N–H and O–H groups in total. The summed E-state index contributed by atoms with van der Waals surface area (Å²) in [5, 5.41) is 94.0. The molecule has 13 heteroatoms. The summed E-state index contributed by atoms with van der Waals surface area (Å²) < 4.78 is 11.9. The van der Waals surface area contributed by atoms with Crippen LogP contribution in [-0.4, -0.2) is 130 Å². The highest BCUT2D eigenvalue weighted by Crippen LogP contribution is 2.42. The first kappa shape index (κ1) is 47.9. The van der Waals surface area contributed by atoms with E-state index in [0.717, 1.165) is 64.2 Å². The van der Waals surface area contributed by atoms with Crippen molar-refractivity contribution in [1.82, 2.24) is 0 Å². The van der Waals surface area contributed by atoms with Crippen LogP contribution in [0.4, 0.5) is 0 Å². The molecule has 2 aliphatic rings. The second kappa shape index (κ2) is 25.1. The molecular formula is C40H74O13. The molecule has 0 radical (unpaired) electrons. The van der Waals surface area contributed by atoms with Crippen molar-refractivity contribution in [2.45, 2.75) is 235 Å². The van der Waals surface area contributed by atoms with Crippen LogP contribution in [0.25, 0.3) is 0 Å². The van der Waals surface area contributed by atoms with Crippen molar-refractivity contribution in [3.05, 3.63) is 0 Å². The number of hydrogen-bond acceptors (Lipinski definition) is 12. The van der Waals surface area contributed by atoms with E-state index < -0.39 is 90.4 Å². The van der Waals surface area contributed by atoms with Crippen LogP contribution < -0.4 is 0 Å². The van der Waals surface area contributed by atoms with Gasteiger partial charge >= 0.3 is 5.97 Å². The summed E-state index contributed by atoms with van der Waals surface area (Å²) >= 11 is 0. The Balaban J connectivity index is 1.64. The van der Waals surface area contributed by atoms with Crippen molar-refractivity contribution in [2.24, 2.45) is 5.92 Å². The van der Waals surface area contributed by atoms with Gasteiger partial charge in [-0.05, 0) is 33.1 Å². The number of aliphatic carboxylic acids is 1. The number of carboxylic acids is 1. The minimum atomic E-state index is -1.61. The summed E-state index contributed by atoms with van der Waals surface area (Å²) in [6.45, 7) is 5.28. The lowest BCUT2D eigenvalue weighted by Gasteiger charge is -2.55. The molecule has 2 rings (SSSR count). The van der Waals surface area contributed by atoms with Crippen LogP contribution in [0.1, 0.15) is 162 Å². The molecule has 2 fully saturated rings. The van der Waals surface area contributed by atoms with Gasteiger partial charge in [-0.15, -0.1) is 0 Å². The van der Waals surface area contributed by atoms with E-state index in [0.29, 0.717) is 25.7 Å². The van der Waals surface area contributed by atoms with E-state index >= 15 is 0 Å². The number of rotatable bonds is 28. The van der Waals surface area contributed by atoms with Gasteiger partial charge in [-0.2, -0.15) is 0 Å². The van der Waals surface area contributed by atoms with Crippen LogP contribution in [-0.2, 0) is 19.1 Å². The number of aliphatic hydroxyl groups excluding tert-OH is 8. The predicted octanol–water partition coefficient (Wildman–Crippen LogP) is 3.69. The topological polar surface area (TPSA) is 235 Å². The second-order valence-corrected chi connectivity index (χ2v) is 16.0. The van der Waals surface area contributed by atoms with Crippen molar-refractivity contribution < 1.29 is 65.0 Å². The fraction of sp³-hybridized carbons (Fsp3) is 0.950. The Kier molecular flexibility index (Phi) is 22.7. The van der Waals surface area contributed by atoms with Crippen molar-refractivity contribution in [1.29, 1.82) is 0 Å². The molecule has 0 aromatic carbocycles. The van der Waals surface area contributed by atoms with Gasteiger partial charge in [0.05, 0.1) is 24.4 Å². The van der Waals surface area contributed by atoms with Gasteiger partial charge in [0.2, 0.25) is 0 Å². The molecule has 13 nitrogen and oxygen atoms in total. The van der Waals surface area contributed by atoms with E-state index in [1.807, 2.05) is 0 Å². The molecule has 53 heavy (non-hydrogen) atoms. The number of carboxylic acid groups (broad SMARTS) is 1. The highest BCUT2D eigenvalue weighted by atomic mass is 16.6. The molecule has 312 valence electrons. The third-order valence-corrected chi connectivity index (χ3v) is 11.5. The summed E-state index contributed by atoms with van der Waals surface area (Å²) in [6, 6.07) is 0. The molecule has 2 saturated heterocycles. The Morgan fingerprint density at radius 1 is 0.604 bits per heavy atom. The third kappa shape index (κ3) is 15.0. The van der Waals surface area contributed by atoms with Crippen molar-refractivity contribution >= 4 is 11.8 Å². The molecule has 0 spiro atoms. The highest BCUT2D eigenvalue weighted by molar-refractivity contribution is 5.99. The number of unbranched alkanes of at least 4 members (excludes halogenated alkanes) is 16. The highest BCUT2D eigenvalue weighted by Gasteiger charge is 2.61. The van der Waals surface area contributed by atoms with Gasteiger partial charge < -0.3 is 55.4 Å². The number of hydrogen-bond donors (Lipinski definition) is 9. The average molecular weight is 763 g/mol. The second-order valence-electron chi connectivity index (χ2n) is 16.0. The summed E-state index contributed by atoms with van der Waals surface area (Å²) in [7, 11) is 0. The van der Waals surface area contributed by atoms with Crippen molar-refractivity contribution in [3.63, 3.8) is 0 Å². The van der Waals surface area contributed by atoms with Gasteiger partial charge in [0.25, 0.3) is 0 Å². The number of carbonyl (C=O) groups excluding carboxylic acids is 1. The average Bonchev–Trinajstić information content (AvgIpc) is 3.11. The maximum atomic E-state index is 12.7. The fourth-order valence-corrected chi connectivity index (χ4v) is 8.11. The molecule has 5 unspecified atom stereocenters. The van der Waals surface area contributed by atoms with E-state index in [4.69, 9.17) is 9.47 Å². The normalized spacial score (nSPS) is 32.3. The number of carbonyl (C=O) groups is 2. The zero-order valence-corrected chi connectivity index (χ0v) is 32.6.